The van der Waals surface area contributed by atoms with Crippen LogP contribution in [0.4, 0.5) is 13.6 Å². The van der Waals surface area contributed by atoms with Crippen LogP contribution in [-0.2, 0) is 16.8 Å². The smallest absolute Gasteiger partial charge is 0.410 e. The molecule has 1 amide bonds. The first-order valence-corrected chi connectivity index (χ1v) is 14.1. The van der Waals surface area contributed by atoms with Crippen LogP contribution in [0.3, 0.4) is 0 Å². The molecule has 0 N–H and O–H groups in total. The minimum absolute atomic E-state index is 0.0399. The zero-order valence-electron chi connectivity index (χ0n) is 22.4. The van der Waals surface area contributed by atoms with Gasteiger partial charge in [0.1, 0.15) is 24.9 Å². The number of ether oxygens (including phenoxy) is 2. The lowest BCUT2D eigenvalue weighted by Crippen LogP contribution is -2.45. The second-order valence-corrected chi connectivity index (χ2v) is 11.8. The summed E-state index contributed by atoms with van der Waals surface area (Å²) < 4.78 is 41.1. The number of pyridine rings is 1. The number of piperidine rings is 1. The average molecular weight is 572 g/mol. The molecular weight excluding hydrogens is 540 g/mol. The molecule has 5 heterocycles. The SMILES string of the molecule is CC1(c2nc(OC[C@@]34CCCN3C[C@H](F)C4)nc3c(F)c(Cl)ncc23)CCN(C(=O)OCc2ccccc2)CC1. The van der Waals surface area contributed by atoms with Crippen LogP contribution in [0.5, 0.6) is 6.01 Å². The lowest BCUT2D eigenvalue weighted by Gasteiger charge is -2.39. The first kappa shape index (κ1) is 27.1. The van der Waals surface area contributed by atoms with Gasteiger partial charge in [-0.2, -0.15) is 9.97 Å². The minimum Gasteiger partial charge on any atom is -0.461 e. The number of carbonyl (C=O) groups excluding carboxylic acids is 1. The first-order chi connectivity index (χ1) is 19.3. The normalized spacial score (nSPS) is 24.3. The van der Waals surface area contributed by atoms with Crippen molar-refractivity contribution in [2.75, 3.05) is 32.8 Å². The van der Waals surface area contributed by atoms with E-state index in [0.29, 0.717) is 50.0 Å². The van der Waals surface area contributed by atoms with Gasteiger partial charge in [0.15, 0.2) is 11.0 Å². The summed E-state index contributed by atoms with van der Waals surface area (Å²) >= 11 is 6.02. The Morgan fingerprint density at radius 2 is 1.93 bits per heavy atom. The molecule has 3 aliphatic heterocycles. The van der Waals surface area contributed by atoms with Gasteiger partial charge < -0.3 is 14.4 Å². The highest BCUT2D eigenvalue weighted by molar-refractivity contribution is 6.30. The van der Waals surface area contributed by atoms with Crippen LogP contribution in [0.25, 0.3) is 10.9 Å². The molecular formula is C29H32ClF2N5O3. The predicted octanol–water partition coefficient (Wildman–Crippen LogP) is 5.46. The molecule has 0 bridgehead atoms. The van der Waals surface area contributed by atoms with Crippen molar-refractivity contribution < 1.29 is 23.0 Å². The summed E-state index contributed by atoms with van der Waals surface area (Å²) in [4.78, 5) is 29.7. The molecule has 2 aromatic heterocycles. The summed E-state index contributed by atoms with van der Waals surface area (Å²) in [6, 6.07) is 9.58. The number of nitrogens with zero attached hydrogens (tertiary/aromatic N) is 5. The van der Waals surface area contributed by atoms with Crippen molar-refractivity contribution >= 4 is 28.6 Å². The Bertz CT molecular complexity index is 1410. The van der Waals surface area contributed by atoms with E-state index in [0.717, 1.165) is 24.9 Å². The highest BCUT2D eigenvalue weighted by Gasteiger charge is 2.49. The van der Waals surface area contributed by atoms with Crippen molar-refractivity contribution in [3.63, 3.8) is 0 Å². The van der Waals surface area contributed by atoms with Gasteiger partial charge in [-0.1, -0.05) is 48.9 Å². The van der Waals surface area contributed by atoms with E-state index in [9.17, 15) is 9.18 Å². The molecule has 1 aromatic carbocycles. The number of alkyl halides is 1. The number of rotatable bonds is 6. The quantitative estimate of drug-likeness (QED) is 0.363. The van der Waals surface area contributed by atoms with Gasteiger partial charge in [-0.05, 0) is 37.8 Å². The fourth-order valence-electron chi connectivity index (χ4n) is 6.42. The summed E-state index contributed by atoms with van der Waals surface area (Å²) in [6.45, 7) is 4.63. The van der Waals surface area contributed by atoms with Gasteiger partial charge in [0.05, 0.1) is 11.2 Å². The molecule has 0 aliphatic carbocycles. The maximum Gasteiger partial charge on any atom is 0.410 e. The number of fused-ring (bicyclic) bond motifs is 2. The Morgan fingerprint density at radius 1 is 1.15 bits per heavy atom. The van der Waals surface area contributed by atoms with E-state index in [4.69, 9.17) is 26.1 Å². The van der Waals surface area contributed by atoms with Gasteiger partial charge in [0.25, 0.3) is 0 Å². The maximum atomic E-state index is 15.2. The van der Waals surface area contributed by atoms with Crippen LogP contribution >= 0.6 is 11.6 Å². The van der Waals surface area contributed by atoms with Gasteiger partial charge in [-0.25, -0.2) is 18.6 Å². The van der Waals surface area contributed by atoms with Gasteiger partial charge >= 0.3 is 12.1 Å². The fourth-order valence-corrected chi connectivity index (χ4v) is 6.55. The monoisotopic (exact) mass is 571 g/mol. The van der Waals surface area contributed by atoms with Crippen LogP contribution < -0.4 is 4.74 Å². The maximum absolute atomic E-state index is 15.2. The van der Waals surface area contributed by atoms with Crippen LogP contribution in [0, 0.1) is 5.82 Å². The van der Waals surface area contributed by atoms with Gasteiger partial charge in [0.2, 0.25) is 0 Å². The van der Waals surface area contributed by atoms with E-state index < -0.39 is 17.4 Å². The van der Waals surface area contributed by atoms with Crippen molar-refractivity contribution in [1.82, 2.24) is 24.8 Å². The Hall–Kier alpha value is -3.11. The number of amides is 1. The molecule has 0 radical (unpaired) electrons. The molecule has 6 rings (SSSR count). The number of halogens is 3. The van der Waals surface area contributed by atoms with Crippen molar-refractivity contribution in [3.8, 4) is 6.01 Å². The van der Waals surface area contributed by atoms with Gasteiger partial charge in [-0.3, -0.25) is 4.90 Å². The summed E-state index contributed by atoms with van der Waals surface area (Å²) in [7, 11) is 0. The largest absolute Gasteiger partial charge is 0.461 e. The van der Waals surface area contributed by atoms with Crippen molar-refractivity contribution in [1.29, 1.82) is 0 Å². The summed E-state index contributed by atoms with van der Waals surface area (Å²) in [5.74, 6) is -0.733. The lowest BCUT2D eigenvalue weighted by atomic mass is 9.76. The van der Waals surface area contributed by atoms with Crippen LogP contribution in [0.1, 0.15) is 50.3 Å². The third-order valence-corrected chi connectivity index (χ3v) is 9.02. The molecule has 212 valence electrons. The van der Waals surface area contributed by atoms with Gasteiger partial charge in [0, 0.05) is 43.1 Å². The topological polar surface area (TPSA) is 80.7 Å². The van der Waals surface area contributed by atoms with Crippen LogP contribution in [-0.4, -0.2) is 75.3 Å². The molecule has 0 spiro atoms. The molecule has 0 unspecified atom stereocenters. The van der Waals surface area contributed by atoms with Crippen LogP contribution in [0.15, 0.2) is 36.5 Å². The van der Waals surface area contributed by atoms with E-state index >= 15 is 4.39 Å². The molecule has 2 atom stereocenters. The highest BCUT2D eigenvalue weighted by atomic mass is 35.5. The second-order valence-electron chi connectivity index (χ2n) is 11.4. The third-order valence-electron chi connectivity index (χ3n) is 8.75. The average Bonchev–Trinajstić information content (AvgIpc) is 3.49. The van der Waals surface area contributed by atoms with E-state index in [1.807, 2.05) is 37.3 Å². The van der Waals surface area contributed by atoms with E-state index in [1.54, 1.807) is 4.90 Å². The van der Waals surface area contributed by atoms with E-state index in [1.165, 1.54) is 6.20 Å². The number of benzene rings is 1. The molecule has 40 heavy (non-hydrogen) atoms. The van der Waals surface area contributed by atoms with Crippen molar-refractivity contribution in [3.05, 3.63) is 58.8 Å². The van der Waals surface area contributed by atoms with Crippen molar-refractivity contribution in [2.24, 2.45) is 0 Å². The first-order valence-electron chi connectivity index (χ1n) is 13.8. The number of hydrogen-bond acceptors (Lipinski definition) is 7. The van der Waals surface area contributed by atoms with E-state index in [-0.39, 0.29) is 41.5 Å². The third kappa shape index (κ3) is 5.07. The summed E-state index contributed by atoms with van der Waals surface area (Å²) in [6.07, 6.45) is 3.62. The molecule has 3 fully saturated rings. The number of likely N-dealkylation sites (tertiary alicyclic amines) is 1. The number of hydrogen-bond donors (Lipinski definition) is 0. The summed E-state index contributed by atoms with van der Waals surface area (Å²) in [5.41, 5.74) is 0.671. The Morgan fingerprint density at radius 3 is 2.70 bits per heavy atom. The predicted molar refractivity (Wildman–Crippen MR) is 146 cm³/mol. The highest BCUT2D eigenvalue weighted by Crippen LogP contribution is 2.42. The molecule has 0 saturated carbocycles. The van der Waals surface area contributed by atoms with Crippen LogP contribution in [0.2, 0.25) is 5.15 Å². The zero-order chi connectivity index (χ0) is 27.9. The summed E-state index contributed by atoms with van der Waals surface area (Å²) in [5, 5.41) is 0.183. The Labute approximate surface area is 236 Å². The lowest BCUT2D eigenvalue weighted by molar-refractivity contribution is 0.0786. The van der Waals surface area contributed by atoms with E-state index in [2.05, 4.69) is 14.9 Å². The second kappa shape index (κ2) is 10.7. The molecule has 11 heteroatoms. The molecule has 3 saturated heterocycles. The van der Waals surface area contributed by atoms with Crippen molar-refractivity contribution in [2.45, 2.75) is 62.8 Å². The fraction of sp³-hybridized carbons (Fsp3) is 0.517. The number of carbonyl (C=O) groups is 1. The number of aromatic nitrogens is 3. The minimum atomic E-state index is -0.886. The Kier molecular flexibility index (Phi) is 7.25. The molecule has 3 aromatic rings. The Balaban J connectivity index is 1.22. The molecule has 8 nitrogen and oxygen atoms in total. The van der Waals surface area contributed by atoms with Gasteiger partial charge in [-0.15, -0.1) is 0 Å². The zero-order valence-corrected chi connectivity index (χ0v) is 23.2. The molecule has 3 aliphatic rings. The standard InChI is InChI=1S/C29H32ClF2N5O3/c1-28(9-12-36(13-10-28)27(38)39-17-19-6-3-2-4-7-19)24-21-15-33-25(30)22(32)23(21)34-26(35-24)40-18-29-8-5-11-37(29)16-20(31)14-29/h2-4,6-7,15,20H,5,8-14,16-18H2,1H3/t20-,29+/m1/s1.